The molecule has 7 heteroatoms. The van der Waals surface area contributed by atoms with E-state index in [4.69, 9.17) is 4.74 Å². The van der Waals surface area contributed by atoms with Crippen LogP contribution in [0.15, 0.2) is 54.6 Å². The molecule has 0 atom stereocenters. The van der Waals surface area contributed by atoms with Crippen LogP contribution in [0, 0.1) is 18.3 Å². The minimum Gasteiger partial charge on any atom is -0.497 e. The Hall–Kier alpha value is -3.92. The highest BCUT2D eigenvalue weighted by atomic mass is 16.5. The number of aromatic nitrogens is 4. The fourth-order valence-corrected chi connectivity index (χ4v) is 2.94. The van der Waals surface area contributed by atoms with Gasteiger partial charge in [-0.3, -0.25) is 4.40 Å². The number of nitrogens with zero attached hydrogens (tertiary/aromatic N) is 5. The smallest absolute Gasteiger partial charge is 0.257 e. The van der Waals surface area contributed by atoms with Crippen LogP contribution in [0.25, 0.3) is 17.0 Å². The molecule has 0 saturated heterocycles. The molecule has 2 aromatic carbocycles. The number of hydrogen-bond donors (Lipinski definition) is 1. The molecule has 4 aromatic rings. The molecule has 7 nitrogen and oxygen atoms in total. The van der Waals surface area contributed by atoms with Gasteiger partial charge in [0.05, 0.1) is 12.8 Å². The highest BCUT2D eigenvalue weighted by Gasteiger charge is 2.19. The molecule has 0 unspecified atom stereocenters. The molecule has 0 bridgehead atoms. The molecule has 0 aliphatic heterocycles. The molecule has 4 rings (SSSR count). The monoisotopic (exact) mass is 356 g/mol. The number of fused-ring (bicyclic) bond motifs is 1. The molecule has 0 radical (unpaired) electrons. The largest absolute Gasteiger partial charge is 0.497 e. The molecule has 2 heterocycles. The highest BCUT2D eigenvalue weighted by Crippen LogP contribution is 2.31. The predicted octanol–water partition coefficient (Wildman–Crippen LogP) is 3.72. The number of rotatable bonds is 4. The summed E-state index contributed by atoms with van der Waals surface area (Å²) in [6.07, 6.45) is 0. The van der Waals surface area contributed by atoms with Crippen molar-refractivity contribution in [2.45, 2.75) is 6.92 Å². The molecule has 132 valence electrons. The van der Waals surface area contributed by atoms with Gasteiger partial charge in [0.15, 0.2) is 5.82 Å². The first-order valence-corrected chi connectivity index (χ1v) is 8.33. The Morgan fingerprint density at radius 1 is 1.04 bits per heavy atom. The lowest BCUT2D eigenvalue weighted by molar-refractivity contribution is 0.415. The summed E-state index contributed by atoms with van der Waals surface area (Å²) in [5.74, 6) is 2.29. The van der Waals surface area contributed by atoms with E-state index in [0.29, 0.717) is 28.7 Å². The number of methoxy groups -OCH3 is 1. The fourth-order valence-electron chi connectivity index (χ4n) is 2.94. The Balaban J connectivity index is 1.92. The van der Waals surface area contributed by atoms with Crippen molar-refractivity contribution in [1.29, 1.82) is 5.26 Å². The van der Waals surface area contributed by atoms with Crippen LogP contribution in [0.3, 0.4) is 0 Å². The maximum atomic E-state index is 9.90. The first kappa shape index (κ1) is 16.5. The zero-order chi connectivity index (χ0) is 18.8. The first-order chi connectivity index (χ1) is 13.2. The molecule has 0 saturated carbocycles. The van der Waals surface area contributed by atoms with Gasteiger partial charge in [-0.15, -0.1) is 10.2 Å². The van der Waals surface area contributed by atoms with Gasteiger partial charge in [0.2, 0.25) is 0 Å². The average Bonchev–Trinajstić information content (AvgIpc) is 3.08. The van der Waals surface area contributed by atoms with Gasteiger partial charge >= 0.3 is 0 Å². The van der Waals surface area contributed by atoms with Gasteiger partial charge in [0.1, 0.15) is 23.2 Å². The van der Waals surface area contributed by atoms with Crippen LogP contribution >= 0.6 is 0 Å². The van der Waals surface area contributed by atoms with Crippen molar-refractivity contribution >= 4 is 17.3 Å². The summed E-state index contributed by atoms with van der Waals surface area (Å²) in [7, 11) is 1.62. The molecule has 0 amide bonds. The number of aryl methyl sites for hydroxylation is 1. The van der Waals surface area contributed by atoms with Crippen LogP contribution in [0.1, 0.15) is 11.4 Å². The summed E-state index contributed by atoms with van der Waals surface area (Å²) in [5.41, 5.74) is 2.82. The molecular formula is C20H16N6O. The van der Waals surface area contributed by atoms with Gasteiger partial charge in [-0.1, -0.05) is 30.3 Å². The molecule has 0 spiro atoms. The highest BCUT2D eigenvalue weighted by molar-refractivity contribution is 5.78. The van der Waals surface area contributed by atoms with Crippen LogP contribution in [-0.2, 0) is 0 Å². The Morgan fingerprint density at radius 3 is 2.44 bits per heavy atom. The van der Waals surface area contributed by atoms with Crippen LogP contribution in [-0.4, -0.2) is 26.7 Å². The van der Waals surface area contributed by atoms with Gasteiger partial charge in [0, 0.05) is 11.3 Å². The van der Waals surface area contributed by atoms with Crippen molar-refractivity contribution in [3.8, 4) is 23.1 Å². The van der Waals surface area contributed by atoms with Crippen molar-refractivity contribution in [3.63, 3.8) is 0 Å². The number of ether oxygens (including phenoxy) is 1. The van der Waals surface area contributed by atoms with E-state index >= 15 is 0 Å². The molecule has 1 N–H and O–H groups in total. The maximum Gasteiger partial charge on any atom is 0.257 e. The quantitative estimate of drug-likeness (QED) is 0.599. The Morgan fingerprint density at radius 2 is 1.78 bits per heavy atom. The first-order valence-electron chi connectivity index (χ1n) is 8.33. The Bertz CT molecular complexity index is 1140. The Kier molecular flexibility index (Phi) is 4.15. The second kappa shape index (κ2) is 6.77. The number of hydrogen-bond acceptors (Lipinski definition) is 6. The maximum absolute atomic E-state index is 9.90. The number of nitrogens with one attached hydrogen (secondary N) is 1. The summed E-state index contributed by atoms with van der Waals surface area (Å²) in [4.78, 5) is 4.52. The van der Waals surface area contributed by atoms with Crippen LogP contribution in [0.5, 0.6) is 5.75 Å². The molecule has 0 fully saturated rings. The summed E-state index contributed by atoms with van der Waals surface area (Å²) >= 11 is 0. The molecule has 2 aromatic heterocycles. The van der Waals surface area contributed by atoms with Gasteiger partial charge < -0.3 is 10.1 Å². The van der Waals surface area contributed by atoms with Crippen molar-refractivity contribution in [3.05, 3.63) is 66.0 Å². The van der Waals surface area contributed by atoms with E-state index in [-0.39, 0.29) is 0 Å². The van der Waals surface area contributed by atoms with Gasteiger partial charge in [-0.25, -0.2) is 0 Å². The van der Waals surface area contributed by atoms with Crippen LogP contribution in [0.4, 0.5) is 11.5 Å². The summed E-state index contributed by atoms with van der Waals surface area (Å²) in [5, 5.41) is 21.4. The minimum atomic E-state index is 0.424. The van der Waals surface area contributed by atoms with E-state index in [1.807, 2.05) is 61.5 Å². The van der Waals surface area contributed by atoms with Crippen LogP contribution < -0.4 is 10.1 Å². The van der Waals surface area contributed by atoms with Gasteiger partial charge in [-0.05, 0) is 31.2 Å². The second-order valence-corrected chi connectivity index (χ2v) is 5.90. The topological polar surface area (TPSA) is 88.1 Å². The van der Waals surface area contributed by atoms with Crippen LogP contribution in [0.2, 0.25) is 0 Å². The third-order valence-corrected chi connectivity index (χ3v) is 4.23. The fraction of sp³-hybridized carbons (Fsp3) is 0.100. The Labute approximate surface area is 155 Å². The lowest BCUT2D eigenvalue weighted by atomic mass is 10.1. The van der Waals surface area contributed by atoms with E-state index in [1.165, 1.54) is 0 Å². The van der Waals surface area contributed by atoms with Gasteiger partial charge in [0.25, 0.3) is 5.78 Å². The second-order valence-electron chi connectivity index (χ2n) is 5.90. The van der Waals surface area contributed by atoms with Crippen molar-refractivity contribution in [2.75, 3.05) is 12.4 Å². The lowest BCUT2D eigenvalue weighted by Gasteiger charge is -2.14. The number of anilines is 2. The van der Waals surface area contributed by atoms with Crippen molar-refractivity contribution in [2.24, 2.45) is 0 Å². The summed E-state index contributed by atoms with van der Waals surface area (Å²) in [6.45, 7) is 1.84. The van der Waals surface area contributed by atoms with Gasteiger partial charge in [-0.2, -0.15) is 10.2 Å². The molecule has 0 aliphatic carbocycles. The minimum absolute atomic E-state index is 0.424. The zero-order valence-electron chi connectivity index (χ0n) is 14.8. The van der Waals surface area contributed by atoms with E-state index in [0.717, 1.165) is 17.0 Å². The third-order valence-electron chi connectivity index (χ3n) is 4.23. The number of benzene rings is 2. The zero-order valence-corrected chi connectivity index (χ0v) is 14.8. The summed E-state index contributed by atoms with van der Waals surface area (Å²) in [6, 6.07) is 19.4. The predicted molar refractivity (Wildman–Crippen MR) is 102 cm³/mol. The molecule has 27 heavy (non-hydrogen) atoms. The number of nitriles is 1. The molecule has 0 aliphatic rings. The van der Waals surface area contributed by atoms with Crippen molar-refractivity contribution < 1.29 is 4.74 Å². The average molecular weight is 356 g/mol. The lowest BCUT2D eigenvalue weighted by Crippen LogP contribution is -2.06. The summed E-state index contributed by atoms with van der Waals surface area (Å²) < 4.78 is 6.98. The standard InChI is InChI=1S/C20H16N6O/c1-13-24-25-20-23-19(22-15-8-10-16(27-2)11-9-15)17(12-21)18(26(13)20)14-6-4-3-5-7-14/h3-11H,1-2H3,(H,22,23,25). The van der Waals surface area contributed by atoms with E-state index < -0.39 is 0 Å². The third kappa shape index (κ3) is 2.93. The van der Waals surface area contributed by atoms with Crippen molar-refractivity contribution in [1.82, 2.24) is 19.6 Å². The molecular weight excluding hydrogens is 340 g/mol. The van der Waals surface area contributed by atoms with E-state index in [9.17, 15) is 5.26 Å². The van der Waals surface area contributed by atoms with E-state index in [1.54, 1.807) is 11.5 Å². The SMILES string of the molecule is COc1ccc(Nc2nc3nnc(C)n3c(-c3ccccc3)c2C#N)cc1. The normalized spacial score (nSPS) is 10.6. The van der Waals surface area contributed by atoms with E-state index in [2.05, 4.69) is 26.6 Å².